The summed E-state index contributed by atoms with van der Waals surface area (Å²) in [7, 11) is 0. The number of hydrogen-bond donors (Lipinski definition) is 2. The van der Waals surface area contributed by atoms with E-state index >= 15 is 0 Å². The third-order valence-electron chi connectivity index (χ3n) is 3.98. The predicted octanol–water partition coefficient (Wildman–Crippen LogP) is 2.84. The summed E-state index contributed by atoms with van der Waals surface area (Å²) in [5.74, 6) is -0.406. The molecule has 7 nitrogen and oxygen atoms in total. The largest absolute Gasteiger partial charge is 0.480 e. The summed E-state index contributed by atoms with van der Waals surface area (Å²) in [5.41, 5.74) is 1.87. The Morgan fingerprint density at radius 1 is 1.17 bits per heavy atom. The molecule has 0 fully saturated rings. The van der Waals surface area contributed by atoms with Gasteiger partial charge >= 0.3 is 0 Å². The van der Waals surface area contributed by atoms with E-state index in [4.69, 9.17) is 4.74 Å². The van der Waals surface area contributed by atoms with Crippen molar-refractivity contribution in [2.24, 2.45) is 0 Å². The summed E-state index contributed by atoms with van der Waals surface area (Å²) in [6, 6.07) is 12.8. The van der Waals surface area contributed by atoms with Crippen molar-refractivity contribution in [3.63, 3.8) is 0 Å². The SMILES string of the molecule is CCNC(=O)c1cccc(NC(=O)COc2cnn(Cc3ccc(F)cc3)c2)c1. The summed E-state index contributed by atoms with van der Waals surface area (Å²) in [5, 5.41) is 9.57. The summed E-state index contributed by atoms with van der Waals surface area (Å²) in [6.45, 7) is 2.62. The van der Waals surface area contributed by atoms with E-state index < -0.39 is 0 Å². The molecule has 1 heterocycles. The van der Waals surface area contributed by atoms with Crippen LogP contribution in [0.4, 0.5) is 10.1 Å². The molecule has 0 spiro atoms. The highest BCUT2D eigenvalue weighted by atomic mass is 19.1. The highest BCUT2D eigenvalue weighted by Crippen LogP contribution is 2.13. The van der Waals surface area contributed by atoms with E-state index in [9.17, 15) is 14.0 Å². The Kier molecular flexibility index (Phi) is 6.57. The Morgan fingerprint density at radius 2 is 1.97 bits per heavy atom. The molecule has 0 atom stereocenters. The Labute approximate surface area is 167 Å². The summed E-state index contributed by atoms with van der Waals surface area (Å²) >= 11 is 0. The first-order valence-electron chi connectivity index (χ1n) is 9.11. The number of aromatic nitrogens is 2. The topological polar surface area (TPSA) is 85.2 Å². The van der Waals surface area contributed by atoms with Crippen molar-refractivity contribution in [3.05, 3.63) is 77.9 Å². The van der Waals surface area contributed by atoms with E-state index in [2.05, 4.69) is 15.7 Å². The molecule has 0 aliphatic carbocycles. The minimum atomic E-state index is -0.357. The first kappa shape index (κ1) is 20.1. The van der Waals surface area contributed by atoms with Gasteiger partial charge in [-0.05, 0) is 42.8 Å². The van der Waals surface area contributed by atoms with E-state index in [-0.39, 0.29) is 24.2 Å². The lowest BCUT2D eigenvalue weighted by Gasteiger charge is -2.08. The van der Waals surface area contributed by atoms with Crippen molar-refractivity contribution in [2.45, 2.75) is 13.5 Å². The number of rotatable bonds is 8. The average Bonchev–Trinajstić information content (AvgIpc) is 3.16. The van der Waals surface area contributed by atoms with Gasteiger partial charge in [0, 0.05) is 17.8 Å². The molecule has 0 aliphatic rings. The Morgan fingerprint density at radius 3 is 2.72 bits per heavy atom. The number of hydrogen-bond acceptors (Lipinski definition) is 4. The number of halogens is 1. The summed E-state index contributed by atoms with van der Waals surface area (Å²) in [4.78, 5) is 24.0. The number of amides is 2. The monoisotopic (exact) mass is 396 g/mol. The van der Waals surface area contributed by atoms with E-state index in [0.717, 1.165) is 5.56 Å². The standard InChI is InChI=1S/C21H21FN4O3/c1-2-23-21(28)16-4-3-5-18(10-16)25-20(27)14-29-19-11-24-26(13-19)12-15-6-8-17(22)9-7-15/h3-11,13H,2,12,14H2,1H3,(H,23,28)(H,25,27). The third-order valence-corrected chi connectivity index (χ3v) is 3.98. The zero-order chi connectivity index (χ0) is 20.6. The van der Waals surface area contributed by atoms with E-state index in [1.165, 1.54) is 18.3 Å². The van der Waals surface area contributed by atoms with Gasteiger partial charge in [0.15, 0.2) is 12.4 Å². The van der Waals surface area contributed by atoms with Crippen LogP contribution in [0.5, 0.6) is 5.75 Å². The predicted molar refractivity (Wildman–Crippen MR) is 106 cm³/mol. The van der Waals surface area contributed by atoms with Crippen LogP contribution in [0.15, 0.2) is 60.9 Å². The van der Waals surface area contributed by atoms with Crippen LogP contribution in [0.1, 0.15) is 22.8 Å². The molecule has 3 rings (SSSR count). The number of nitrogens with zero attached hydrogens (tertiary/aromatic N) is 2. The fraction of sp³-hybridized carbons (Fsp3) is 0.190. The van der Waals surface area contributed by atoms with Crippen LogP contribution in [-0.2, 0) is 11.3 Å². The Hall–Kier alpha value is -3.68. The molecule has 2 N–H and O–H groups in total. The average molecular weight is 396 g/mol. The van der Waals surface area contributed by atoms with Gasteiger partial charge in [0.05, 0.1) is 18.9 Å². The lowest BCUT2D eigenvalue weighted by Crippen LogP contribution is -2.23. The van der Waals surface area contributed by atoms with E-state index in [0.29, 0.717) is 30.1 Å². The Balaban J connectivity index is 1.51. The van der Waals surface area contributed by atoms with Gasteiger partial charge < -0.3 is 15.4 Å². The molecule has 8 heteroatoms. The first-order chi connectivity index (χ1) is 14.0. The molecule has 2 amide bonds. The molecule has 3 aromatic rings. The molecule has 29 heavy (non-hydrogen) atoms. The molecule has 2 aromatic carbocycles. The van der Waals surface area contributed by atoms with Gasteiger partial charge in [-0.3, -0.25) is 14.3 Å². The van der Waals surface area contributed by atoms with Crippen LogP contribution in [-0.4, -0.2) is 34.7 Å². The molecule has 0 saturated heterocycles. The zero-order valence-corrected chi connectivity index (χ0v) is 15.9. The molecular weight excluding hydrogens is 375 g/mol. The highest BCUT2D eigenvalue weighted by molar-refractivity contribution is 5.97. The lowest BCUT2D eigenvalue weighted by atomic mass is 10.2. The van der Waals surface area contributed by atoms with Gasteiger partial charge in [-0.15, -0.1) is 0 Å². The fourth-order valence-corrected chi connectivity index (χ4v) is 2.63. The summed E-state index contributed by atoms with van der Waals surface area (Å²) in [6.07, 6.45) is 3.17. The zero-order valence-electron chi connectivity index (χ0n) is 15.9. The third kappa shape index (κ3) is 5.90. The van der Waals surface area contributed by atoms with Crippen LogP contribution >= 0.6 is 0 Å². The maximum Gasteiger partial charge on any atom is 0.262 e. The fourth-order valence-electron chi connectivity index (χ4n) is 2.63. The quantitative estimate of drug-likeness (QED) is 0.613. The smallest absolute Gasteiger partial charge is 0.262 e. The number of ether oxygens (including phenoxy) is 1. The van der Waals surface area contributed by atoms with E-state index in [1.807, 2.05) is 6.92 Å². The molecule has 0 bridgehead atoms. The van der Waals surface area contributed by atoms with Gasteiger partial charge in [0.1, 0.15) is 5.82 Å². The number of anilines is 1. The van der Waals surface area contributed by atoms with Crippen molar-refractivity contribution in [1.29, 1.82) is 0 Å². The second-order valence-corrected chi connectivity index (χ2v) is 6.28. The summed E-state index contributed by atoms with van der Waals surface area (Å²) < 4.78 is 20.1. The molecule has 0 aliphatic heterocycles. The van der Waals surface area contributed by atoms with Gasteiger partial charge in [-0.2, -0.15) is 5.10 Å². The maximum absolute atomic E-state index is 13.0. The molecule has 150 valence electrons. The van der Waals surface area contributed by atoms with Gasteiger partial charge in [-0.25, -0.2) is 4.39 Å². The van der Waals surface area contributed by atoms with Gasteiger partial charge in [-0.1, -0.05) is 18.2 Å². The number of carbonyl (C=O) groups excluding carboxylic acids is 2. The Bertz CT molecular complexity index is 986. The van der Waals surface area contributed by atoms with Crippen LogP contribution in [0.3, 0.4) is 0 Å². The van der Waals surface area contributed by atoms with Crippen molar-refractivity contribution in [1.82, 2.24) is 15.1 Å². The minimum absolute atomic E-state index is 0.201. The molecule has 1 aromatic heterocycles. The number of nitrogens with one attached hydrogen (secondary N) is 2. The van der Waals surface area contributed by atoms with Crippen LogP contribution in [0, 0.1) is 5.82 Å². The number of carbonyl (C=O) groups is 2. The van der Waals surface area contributed by atoms with Crippen molar-refractivity contribution in [2.75, 3.05) is 18.5 Å². The lowest BCUT2D eigenvalue weighted by molar-refractivity contribution is -0.118. The van der Waals surface area contributed by atoms with Gasteiger partial charge in [0.25, 0.3) is 11.8 Å². The van der Waals surface area contributed by atoms with Crippen LogP contribution in [0.2, 0.25) is 0 Å². The minimum Gasteiger partial charge on any atom is -0.480 e. The molecule has 0 radical (unpaired) electrons. The van der Waals surface area contributed by atoms with Crippen molar-refractivity contribution < 1.29 is 18.7 Å². The van der Waals surface area contributed by atoms with Crippen molar-refractivity contribution >= 4 is 17.5 Å². The maximum atomic E-state index is 13.0. The highest BCUT2D eigenvalue weighted by Gasteiger charge is 2.09. The van der Waals surface area contributed by atoms with Crippen LogP contribution < -0.4 is 15.4 Å². The molecule has 0 saturated carbocycles. The molecular formula is C21H21FN4O3. The van der Waals surface area contributed by atoms with Gasteiger partial charge in [0.2, 0.25) is 0 Å². The molecule has 0 unspecified atom stereocenters. The normalized spacial score (nSPS) is 10.4. The van der Waals surface area contributed by atoms with Crippen molar-refractivity contribution in [3.8, 4) is 5.75 Å². The van der Waals surface area contributed by atoms with E-state index in [1.54, 1.807) is 47.3 Å². The second-order valence-electron chi connectivity index (χ2n) is 6.28. The van der Waals surface area contributed by atoms with Crippen LogP contribution in [0.25, 0.3) is 0 Å². The first-order valence-corrected chi connectivity index (χ1v) is 9.11. The second kappa shape index (κ2) is 9.50. The number of benzene rings is 2.